The van der Waals surface area contributed by atoms with Crippen molar-refractivity contribution in [2.75, 3.05) is 0 Å². The van der Waals surface area contributed by atoms with E-state index in [0.717, 1.165) is 42.0 Å². The molecule has 0 radical (unpaired) electrons. The van der Waals surface area contributed by atoms with Crippen LogP contribution in [0.5, 0.6) is 0 Å². The van der Waals surface area contributed by atoms with Crippen LogP contribution in [0.2, 0.25) is 5.02 Å². The summed E-state index contributed by atoms with van der Waals surface area (Å²) >= 11 is 6.07. The predicted molar refractivity (Wildman–Crippen MR) is 116 cm³/mol. The van der Waals surface area contributed by atoms with E-state index in [1.807, 2.05) is 12.1 Å². The van der Waals surface area contributed by atoms with Crippen LogP contribution in [0, 0.1) is 34.5 Å². The van der Waals surface area contributed by atoms with Gasteiger partial charge in [-0.3, -0.25) is 0 Å². The van der Waals surface area contributed by atoms with Gasteiger partial charge in [0, 0.05) is 5.02 Å². The average Bonchev–Trinajstić information content (AvgIpc) is 3.06. The molecule has 0 amide bonds. The number of fused-ring (bicyclic) bond motifs is 5. The minimum Gasteiger partial charge on any atom is -0.392 e. The van der Waals surface area contributed by atoms with Gasteiger partial charge in [-0.05, 0) is 104 Å². The van der Waals surface area contributed by atoms with Crippen molar-refractivity contribution in [2.24, 2.45) is 34.5 Å². The largest absolute Gasteiger partial charge is 0.392 e. The van der Waals surface area contributed by atoms with Crippen molar-refractivity contribution in [1.29, 1.82) is 0 Å². The molecule has 3 fully saturated rings. The molecule has 1 aromatic carbocycles. The first-order valence-corrected chi connectivity index (χ1v) is 11.9. The van der Waals surface area contributed by atoms with E-state index < -0.39 is 0 Å². The summed E-state index contributed by atoms with van der Waals surface area (Å²) in [7, 11) is 0. The van der Waals surface area contributed by atoms with Gasteiger partial charge in [0.15, 0.2) is 0 Å². The van der Waals surface area contributed by atoms with Crippen molar-refractivity contribution >= 4 is 11.6 Å². The number of rotatable bonds is 2. The van der Waals surface area contributed by atoms with Crippen LogP contribution in [0.4, 0.5) is 0 Å². The first-order valence-electron chi connectivity index (χ1n) is 11.5. The van der Waals surface area contributed by atoms with Crippen molar-refractivity contribution in [3.05, 3.63) is 46.5 Å². The molecule has 0 heterocycles. The lowest BCUT2D eigenvalue weighted by molar-refractivity contribution is -0.0526. The lowest BCUT2D eigenvalue weighted by Gasteiger charge is -2.58. The van der Waals surface area contributed by atoms with E-state index >= 15 is 0 Å². The Kier molecular flexibility index (Phi) is 4.71. The third-order valence-corrected chi connectivity index (χ3v) is 9.73. The normalized spacial score (nSPS) is 45.0. The van der Waals surface area contributed by atoms with Crippen LogP contribution in [0.3, 0.4) is 0 Å². The molecule has 2 heteroatoms. The summed E-state index contributed by atoms with van der Waals surface area (Å²) in [4.78, 5) is 0. The van der Waals surface area contributed by atoms with Crippen molar-refractivity contribution in [2.45, 2.75) is 77.7 Å². The highest BCUT2D eigenvalue weighted by Crippen LogP contribution is 2.65. The SMILES string of the molecule is C[C@@]12CCC[C@H]1[C@@H]1CC=C3C[C@@H](O)C(Cc4ccc(Cl)cc4)C[C@]3(C)[C@H]1CC2. The van der Waals surface area contributed by atoms with Gasteiger partial charge in [0.25, 0.3) is 0 Å². The first-order chi connectivity index (χ1) is 13.4. The van der Waals surface area contributed by atoms with Crippen LogP contribution in [-0.4, -0.2) is 11.2 Å². The quantitative estimate of drug-likeness (QED) is 0.541. The topological polar surface area (TPSA) is 20.2 Å². The summed E-state index contributed by atoms with van der Waals surface area (Å²) in [6.45, 7) is 5.13. The summed E-state index contributed by atoms with van der Waals surface area (Å²) < 4.78 is 0. The Morgan fingerprint density at radius 1 is 1.07 bits per heavy atom. The van der Waals surface area contributed by atoms with E-state index in [0.29, 0.717) is 16.7 Å². The van der Waals surface area contributed by atoms with Crippen LogP contribution in [0.1, 0.15) is 70.8 Å². The highest BCUT2D eigenvalue weighted by atomic mass is 35.5. The molecular weight excluding hydrogens is 364 g/mol. The Labute approximate surface area is 175 Å². The van der Waals surface area contributed by atoms with Gasteiger partial charge >= 0.3 is 0 Å². The average molecular weight is 399 g/mol. The predicted octanol–water partition coefficient (Wildman–Crippen LogP) is 6.82. The lowest BCUT2D eigenvalue weighted by Crippen LogP contribution is -2.51. The summed E-state index contributed by atoms with van der Waals surface area (Å²) in [5.41, 5.74) is 3.79. The number of hydrogen-bond acceptors (Lipinski definition) is 1. The molecule has 1 aromatic rings. The van der Waals surface area contributed by atoms with Crippen LogP contribution in [0.15, 0.2) is 35.9 Å². The summed E-state index contributed by atoms with van der Waals surface area (Å²) in [5, 5.41) is 11.8. The molecule has 7 atom stereocenters. The van der Waals surface area contributed by atoms with Crippen molar-refractivity contribution in [1.82, 2.24) is 0 Å². The fraction of sp³-hybridized carbons (Fsp3) is 0.692. The molecule has 0 spiro atoms. The second-order valence-electron chi connectivity index (χ2n) is 10.9. The van der Waals surface area contributed by atoms with Gasteiger partial charge in [0.1, 0.15) is 0 Å². The maximum absolute atomic E-state index is 11.0. The van der Waals surface area contributed by atoms with Crippen LogP contribution in [0.25, 0.3) is 0 Å². The molecule has 4 aliphatic carbocycles. The van der Waals surface area contributed by atoms with Crippen molar-refractivity contribution in [3.63, 3.8) is 0 Å². The van der Waals surface area contributed by atoms with Gasteiger partial charge in [-0.1, -0.05) is 55.7 Å². The fourth-order valence-electron chi connectivity index (χ4n) is 7.95. The van der Waals surface area contributed by atoms with E-state index in [1.54, 1.807) is 5.57 Å². The Morgan fingerprint density at radius 3 is 2.64 bits per heavy atom. The fourth-order valence-corrected chi connectivity index (χ4v) is 8.08. The number of benzene rings is 1. The standard InChI is InChI=1S/C26H35ClO/c1-25-12-3-4-22(25)21-10-7-19-15-24(28)18(14-17-5-8-20(27)9-6-17)16-26(19,2)23(21)11-13-25/h5-9,18,21-24,28H,3-4,10-16H2,1-2H3/t18?,21-,22-,23-,24+,25-,26-/m0/s1. The number of aliphatic hydroxyl groups is 1. The molecule has 0 saturated heterocycles. The third-order valence-electron chi connectivity index (χ3n) is 9.48. The molecule has 0 aromatic heterocycles. The van der Waals surface area contributed by atoms with E-state index in [-0.39, 0.29) is 6.10 Å². The van der Waals surface area contributed by atoms with Gasteiger partial charge in [0.2, 0.25) is 0 Å². The highest BCUT2D eigenvalue weighted by molar-refractivity contribution is 6.30. The molecule has 1 unspecified atom stereocenters. The molecular formula is C26H35ClO. The monoisotopic (exact) mass is 398 g/mol. The summed E-state index contributed by atoms with van der Waals surface area (Å²) in [5.74, 6) is 2.99. The second kappa shape index (κ2) is 6.88. The molecule has 152 valence electrons. The summed E-state index contributed by atoms with van der Waals surface area (Å²) in [6, 6.07) is 8.24. The molecule has 0 bridgehead atoms. The maximum Gasteiger partial charge on any atom is 0.0609 e. The second-order valence-corrected chi connectivity index (χ2v) is 11.3. The van der Waals surface area contributed by atoms with Gasteiger partial charge in [-0.25, -0.2) is 0 Å². The van der Waals surface area contributed by atoms with E-state index in [4.69, 9.17) is 11.6 Å². The molecule has 4 aliphatic rings. The minimum atomic E-state index is -0.202. The number of aliphatic hydroxyl groups excluding tert-OH is 1. The molecule has 1 nitrogen and oxygen atoms in total. The van der Waals surface area contributed by atoms with E-state index in [1.165, 1.54) is 44.1 Å². The highest BCUT2D eigenvalue weighted by Gasteiger charge is 2.56. The van der Waals surface area contributed by atoms with E-state index in [2.05, 4.69) is 32.1 Å². The van der Waals surface area contributed by atoms with Gasteiger partial charge in [0.05, 0.1) is 6.10 Å². The number of allylic oxidation sites excluding steroid dienone is 1. The smallest absolute Gasteiger partial charge is 0.0609 e. The van der Waals surface area contributed by atoms with E-state index in [9.17, 15) is 5.11 Å². The first kappa shape index (κ1) is 19.2. The molecule has 5 rings (SSSR count). The van der Waals surface area contributed by atoms with Crippen molar-refractivity contribution < 1.29 is 5.11 Å². The molecule has 1 N–H and O–H groups in total. The number of hydrogen-bond donors (Lipinski definition) is 1. The molecule has 3 saturated carbocycles. The third kappa shape index (κ3) is 3.00. The molecule has 0 aliphatic heterocycles. The Hall–Kier alpha value is -0.790. The zero-order chi connectivity index (χ0) is 19.5. The Balaban J connectivity index is 1.41. The Morgan fingerprint density at radius 2 is 1.86 bits per heavy atom. The zero-order valence-electron chi connectivity index (χ0n) is 17.5. The van der Waals surface area contributed by atoms with Crippen LogP contribution < -0.4 is 0 Å². The minimum absolute atomic E-state index is 0.202. The molecule has 28 heavy (non-hydrogen) atoms. The zero-order valence-corrected chi connectivity index (χ0v) is 18.2. The van der Waals surface area contributed by atoms with Gasteiger partial charge in [-0.15, -0.1) is 0 Å². The maximum atomic E-state index is 11.0. The Bertz CT molecular complexity index is 767. The lowest BCUT2D eigenvalue weighted by atomic mass is 9.47. The summed E-state index contributed by atoms with van der Waals surface area (Å²) in [6.07, 6.45) is 13.8. The van der Waals surface area contributed by atoms with Crippen LogP contribution >= 0.6 is 11.6 Å². The van der Waals surface area contributed by atoms with Gasteiger partial charge < -0.3 is 5.11 Å². The van der Waals surface area contributed by atoms with Gasteiger partial charge in [-0.2, -0.15) is 0 Å². The number of halogens is 1. The van der Waals surface area contributed by atoms with Crippen LogP contribution in [-0.2, 0) is 6.42 Å². The van der Waals surface area contributed by atoms with Crippen molar-refractivity contribution in [3.8, 4) is 0 Å².